The molecule has 2 fully saturated rings. The third kappa shape index (κ3) is 1.86. The van der Waals surface area contributed by atoms with Crippen molar-refractivity contribution in [1.82, 2.24) is 4.98 Å². The summed E-state index contributed by atoms with van der Waals surface area (Å²) in [5.41, 5.74) is 0.199. The molecule has 2 atom stereocenters. The zero-order valence-corrected chi connectivity index (χ0v) is 10.8. The fraction of sp³-hybridized carbons (Fsp3) is 0.750. The quantitative estimate of drug-likeness (QED) is 0.852. The molecule has 4 nitrogen and oxygen atoms in total. The van der Waals surface area contributed by atoms with Crippen molar-refractivity contribution in [3.63, 3.8) is 0 Å². The minimum absolute atomic E-state index is 0.00716. The van der Waals surface area contributed by atoms with E-state index in [-0.39, 0.29) is 6.61 Å². The van der Waals surface area contributed by atoms with E-state index in [1.165, 1.54) is 0 Å². The summed E-state index contributed by atoms with van der Waals surface area (Å²) in [5, 5.41) is 22.5. The van der Waals surface area contributed by atoms with Gasteiger partial charge < -0.3 is 15.1 Å². The molecule has 1 saturated carbocycles. The molecular formula is C12H18N2O2S. The summed E-state index contributed by atoms with van der Waals surface area (Å²) in [4.78, 5) is 6.53. The van der Waals surface area contributed by atoms with Crippen LogP contribution in [0.3, 0.4) is 0 Å². The number of thiazole rings is 1. The van der Waals surface area contributed by atoms with Crippen LogP contribution < -0.4 is 4.90 Å². The molecule has 5 heteroatoms. The fourth-order valence-electron chi connectivity index (χ4n) is 2.79. The first kappa shape index (κ1) is 11.4. The molecule has 1 aliphatic heterocycles. The van der Waals surface area contributed by atoms with Crippen molar-refractivity contribution >= 4 is 16.5 Å². The van der Waals surface area contributed by atoms with Crippen LogP contribution in [0.1, 0.15) is 25.5 Å². The van der Waals surface area contributed by atoms with Crippen molar-refractivity contribution in [3.05, 3.63) is 11.1 Å². The van der Waals surface area contributed by atoms with Gasteiger partial charge in [-0.3, -0.25) is 0 Å². The summed E-state index contributed by atoms with van der Waals surface area (Å²) in [7, 11) is 0. The molecule has 0 bridgehead atoms. The van der Waals surface area contributed by atoms with Gasteiger partial charge in [-0.15, -0.1) is 11.3 Å². The van der Waals surface area contributed by atoms with Crippen LogP contribution in [-0.2, 0) is 6.61 Å². The van der Waals surface area contributed by atoms with Crippen LogP contribution in [0.2, 0.25) is 0 Å². The Kier molecular flexibility index (Phi) is 2.65. The molecular weight excluding hydrogens is 236 g/mol. The van der Waals surface area contributed by atoms with Crippen LogP contribution in [0.25, 0.3) is 0 Å². The van der Waals surface area contributed by atoms with Gasteiger partial charge in [0.25, 0.3) is 0 Å². The smallest absolute Gasteiger partial charge is 0.185 e. The fourth-order valence-corrected chi connectivity index (χ4v) is 3.62. The average Bonchev–Trinajstić information content (AvgIpc) is 2.99. The van der Waals surface area contributed by atoms with Gasteiger partial charge in [-0.25, -0.2) is 4.98 Å². The van der Waals surface area contributed by atoms with Gasteiger partial charge in [-0.1, -0.05) is 6.92 Å². The molecule has 0 spiro atoms. The zero-order chi connectivity index (χ0) is 12.0. The highest BCUT2D eigenvalue weighted by molar-refractivity contribution is 7.13. The van der Waals surface area contributed by atoms with Crippen LogP contribution in [0.5, 0.6) is 0 Å². The Hall–Kier alpha value is -0.650. The molecule has 2 N–H and O–H groups in total. The predicted molar refractivity (Wildman–Crippen MR) is 67.1 cm³/mol. The first-order valence-corrected chi connectivity index (χ1v) is 7.04. The van der Waals surface area contributed by atoms with E-state index < -0.39 is 5.60 Å². The van der Waals surface area contributed by atoms with Crippen LogP contribution in [0.4, 0.5) is 5.13 Å². The lowest BCUT2D eigenvalue weighted by Gasteiger charge is -2.26. The molecule has 94 valence electrons. The molecule has 17 heavy (non-hydrogen) atoms. The molecule has 0 amide bonds. The van der Waals surface area contributed by atoms with Gasteiger partial charge in [-0.05, 0) is 18.8 Å². The predicted octanol–water partition coefficient (Wildman–Crippen LogP) is 1.23. The van der Waals surface area contributed by atoms with E-state index in [1.807, 2.05) is 5.38 Å². The molecule has 1 saturated heterocycles. The molecule has 0 aromatic carbocycles. The number of nitrogens with zero attached hydrogens (tertiary/aromatic N) is 2. The molecule has 0 radical (unpaired) electrons. The summed E-state index contributed by atoms with van der Waals surface area (Å²) < 4.78 is 0. The number of aliphatic hydroxyl groups excluding tert-OH is 1. The largest absolute Gasteiger partial charge is 0.390 e. The van der Waals surface area contributed by atoms with Gasteiger partial charge >= 0.3 is 0 Å². The number of rotatable bonds is 3. The summed E-state index contributed by atoms with van der Waals surface area (Å²) in [6.45, 7) is 3.67. The van der Waals surface area contributed by atoms with Crippen molar-refractivity contribution < 1.29 is 10.2 Å². The maximum absolute atomic E-state index is 10.7. The highest BCUT2D eigenvalue weighted by Crippen LogP contribution is 2.47. The van der Waals surface area contributed by atoms with Crippen LogP contribution in [-0.4, -0.2) is 33.9 Å². The second-order valence-corrected chi connectivity index (χ2v) is 6.16. The maximum Gasteiger partial charge on any atom is 0.185 e. The Bertz CT molecular complexity index is 418. The van der Waals surface area contributed by atoms with E-state index >= 15 is 0 Å². The minimum atomic E-state index is -0.523. The number of anilines is 1. The number of hydrogen-bond acceptors (Lipinski definition) is 5. The first-order chi connectivity index (χ1) is 8.13. The van der Waals surface area contributed by atoms with Gasteiger partial charge in [0.05, 0.1) is 17.9 Å². The van der Waals surface area contributed by atoms with E-state index in [9.17, 15) is 5.11 Å². The lowest BCUT2D eigenvalue weighted by atomic mass is 9.88. The topological polar surface area (TPSA) is 56.6 Å². The van der Waals surface area contributed by atoms with E-state index in [0.717, 1.165) is 30.2 Å². The second-order valence-electron chi connectivity index (χ2n) is 5.33. The summed E-state index contributed by atoms with van der Waals surface area (Å²) >= 11 is 1.55. The Morgan fingerprint density at radius 2 is 2.35 bits per heavy atom. The van der Waals surface area contributed by atoms with Gasteiger partial charge in [0.2, 0.25) is 0 Å². The molecule has 3 rings (SSSR count). The average molecular weight is 254 g/mol. The van der Waals surface area contributed by atoms with Crippen molar-refractivity contribution in [2.45, 2.75) is 32.0 Å². The number of aromatic nitrogens is 1. The third-order valence-electron chi connectivity index (χ3n) is 4.05. The Labute approximate surface area is 105 Å². The molecule has 2 heterocycles. The third-order valence-corrected chi connectivity index (χ3v) is 5.00. The van der Waals surface area contributed by atoms with Gasteiger partial charge in [0, 0.05) is 24.4 Å². The lowest BCUT2D eigenvalue weighted by Crippen LogP contribution is -2.39. The lowest BCUT2D eigenvalue weighted by molar-refractivity contribution is 0.00283. The SMILES string of the molecule is C[C@@H]1CN(c2nc(CO)cs2)C[C@@]1(O)C1CC1. The zero-order valence-electron chi connectivity index (χ0n) is 9.96. The van der Waals surface area contributed by atoms with Gasteiger partial charge in [-0.2, -0.15) is 0 Å². The van der Waals surface area contributed by atoms with Crippen LogP contribution >= 0.6 is 11.3 Å². The van der Waals surface area contributed by atoms with Crippen molar-refractivity contribution in [1.29, 1.82) is 0 Å². The number of hydrogen-bond donors (Lipinski definition) is 2. The van der Waals surface area contributed by atoms with Crippen LogP contribution in [0, 0.1) is 11.8 Å². The number of β-amino-alcohol motifs (C(OH)–C–C–N with tert-alkyl or cyclic N) is 1. The van der Waals surface area contributed by atoms with E-state index in [1.54, 1.807) is 11.3 Å². The van der Waals surface area contributed by atoms with E-state index in [0.29, 0.717) is 18.4 Å². The summed E-state index contributed by atoms with van der Waals surface area (Å²) in [6, 6.07) is 0. The highest BCUT2D eigenvalue weighted by atomic mass is 32.1. The van der Waals surface area contributed by atoms with E-state index in [4.69, 9.17) is 5.11 Å². The van der Waals surface area contributed by atoms with Crippen molar-refractivity contribution in [2.24, 2.45) is 11.8 Å². The van der Waals surface area contributed by atoms with Crippen LogP contribution in [0.15, 0.2) is 5.38 Å². The first-order valence-electron chi connectivity index (χ1n) is 6.16. The van der Waals surface area contributed by atoms with E-state index in [2.05, 4.69) is 16.8 Å². The Morgan fingerprint density at radius 3 is 2.94 bits per heavy atom. The summed E-state index contributed by atoms with van der Waals surface area (Å²) in [6.07, 6.45) is 2.32. The van der Waals surface area contributed by atoms with Crippen molar-refractivity contribution in [3.8, 4) is 0 Å². The van der Waals surface area contributed by atoms with Gasteiger partial charge in [0.1, 0.15) is 0 Å². The van der Waals surface area contributed by atoms with Crippen molar-refractivity contribution in [2.75, 3.05) is 18.0 Å². The molecule has 0 unspecified atom stereocenters. The molecule has 1 aromatic heterocycles. The second kappa shape index (κ2) is 3.93. The number of aliphatic hydroxyl groups is 2. The molecule has 2 aliphatic rings. The molecule has 1 aromatic rings. The maximum atomic E-state index is 10.7. The molecule has 1 aliphatic carbocycles. The minimum Gasteiger partial charge on any atom is -0.390 e. The normalized spacial score (nSPS) is 33.4. The highest BCUT2D eigenvalue weighted by Gasteiger charge is 2.52. The standard InChI is InChI=1S/C12H18N2O2S/c1-8-4-14(7-12(8,16)9-2-3-9)11-13-10(5-15)6-17-11/h6,8-9,15-16H,2-5,7H2,1H3/t8-,12+/m1/s1. The Morgan fingerprint density at radius 1 is 1.59 bits per heavy atom. The van der Waals surface area contributed by atoms with Gasteiger partial charge in [0.15, 0.2) is 5.13 Å². The summed E-state index contributed by atoms with van der Waals surface area (Å²) in [5.74, 6) is 0.788. The monoisotopic (exact) mass is 254 g/mol. The Balaban J connectivity index is 1.78.